The number of allylic oxidation sites excluding steroid dienone is 6. The first kappa shape index (κ1) is 69.5. The van der Waals surface area contributed by atoms with Gasteiger partial charge in [0.25, 0.3) is 0 Å². The Morgan fingerprint density at radius 2 is 0.878 bits per heavy atom. The molecule has 3 aliphatic heterocycles. The van der Waals surface area contributed by atoms with Gasteiger partial charge in [0.15, 0.2) is 0 Å². The van der Waals surface area contributed by atoms with Gasteiger partial charge in [0.05, 0.1) is 42.3 Å². The lowest BCUT2D eigenvalue weighted by atomic mass is 9.90. The number of pyridine rings is 3. The molecule has 0 bridgehead atoms. The van der Waals surface area contributed by atoms with Crippen molar-refractivity contribution in [3.8, 4) is 0 Å². The second kappa shape index (κ2) is 37.2. The fraction of sp³-hybridized carbons (Fsp3) is 0.522. The first-order valence-corrected chi connectivity index (χ1v) is 31.4. The molecule has 15 atom stereocenters. The van der Waals surface area contributed by atoms with Crippen molar-refractivity contribution >= 4 is 36.4 Å². The summed E-state index contributed by atoms with van der Waals surface area (Å²) < 4.78 is 47.9. The Bertz CT molecular complexity index is 2590. The van der Waals surface area contributed by atoms with Crippen LogP contribution in [0.25, 0.3) is 0 Å². The third-order valence-corrected chi connectivity index (χ3v) is 16.5. The highest BCUT2D eigenvalue weighted by atomic mass is 16.7. The van der Waals surface area contributed by atoms with Crippen LogP contribution in [0.3, 0.4) is 0 Å². The molecule has 90 heavy (non-hydrogen) atoms. The van der Waals surface area contributed by atoms with Gasteiger partial charge >= 0.3 is 36.4 Å². The van der Waals surface area contributed by atoms with Gasteiger partial charge in [0.2, 0.25) is 0 Å². The van der Waals surface area contributed by atoms with Crippen LogP contribution in [-0.4, -0.2) is 122 Å². The Morgan fingerprint density at radius 1 is 0.467 bits per heavy atom. The lowest BCUT2D eigenvalue weighted by Gasteiger charge is -2.19. The molecule has 0 spiro atoms. The average molecular weight is 1250 g/mol. The summed E-state index contributed by atoms with van der Waals surface area (Å²) in [5, 5.41) is 31.8. The van der Waals surface area contributed by atoms with Crippen LogP contribution in [0.2, 0.25) is 0 Å². The van der Waals surface area contributed by atoms with E-state index >= 15 is 0 Å². The van der Waals surface area contributed by atoms with Crippen molar-refractivity contribution in [1.82, 2.24) is 15.0 Å². The molecule has 6 heterocycles. The van der Waals surface area contributed by atoms with Crippen molar-refractivity contribution in [2.75, 3.05) is 0 Å². The molecule has 9 rings (SSSR count). The molecular weight excluding hydrogens is 1160 g/mol. The molecule has 3 aromatic heterocycles. The molecule has 3 fully saturated rings. The zero-order valence-electron chi connectivity index (χ0n) is 51.6. The summed E-state index contributed by atoms with van der Waals surface area (Å²) >= 11 is 0. The van der Waals surface area contributed by atoms with Crippen LogP contribution in [0.4, 0.5) is 14.4 Å². The number of carbonyl (C=O) groups is 6. The number of carbonyl (C=O) groups excluding carboxylic acids is 6. The molecule has 3 saturated carbocycles. The summed E-state index contributed by atoms with van der Waals surface area (Å²) in [6.45, 7) is 5.87. The van der Waals surface area contributed by atoms with Crippen molar-refractivity contribution in [2.45, 2.75) is 192 Å². The lowest BCUT2D eigenvalue weighted by molar-refractivity contribution is -0.143. The number of cyclic esters (lactones) is 3. The zero-order chi connectivity index (χ0) is 64.0. The highest BCUT2D eigenvalue weighted by Gasteiger charge is 2.41. The number of aromatic nitrogens is 3. The molecule has 0 amide bonds. The van der Waals surface area contributed by atoms with Crippen molar-refractivity contribution < 1.29 is 86.7 Å². The minimum absolute atomic E-state index is 0.0467. The van der Waals surface area contributed by atoms with Crippen LogP contribution in [0.5, 0.6) is 0 Å². The molecule has 0 radical (unpaired) electrons. The quantitative estimate of drug-likeness (QED) is 0.102. The Labute approximate surface area is 526 Å². The third kappa shape index (κ3) is 24.8. The SMILES string of the molecule is C[C@H]1CCC/C=C/[C@@H]2C[C@H](OC(=O)OCc3ccccn3)C[C@H]2[C@H](O)/C=C/C(=O)O1.C[C@H]1CCC/C=C/[C@@H]2C[C@H](OC(=O)OCc3cccnc3)C[C@H]2[C@H](O)/C=C/C(=O)O1.C[C@H]1CCC/C=C/[C@@H]2C[C@H](OC(=O)OCc3ccncc3)C[C@H]2[C@H](O)/C=C/C(=O)O1. The summed E-state index contributed by atoms with van der Waals surface area (Å²) in [5.41, 5.74) is 2.25. The van der Waals surface area contributed by atoms with Crippen molar-refractivity contribution in [1.29, 1.82) is 0 Å². The van der Waals surface area contributed by atoms with E-state index in [4.69, 9.17) is 42.6 Å². The summed E-state index contributed by atoms with van der Waals surface area (Å²) in [7, 11) is 0. The van der Waals surface area contributed by atoms with E-state index in [1.807, 2.05) is 32.9 Å². The summed E-state index contributed by atoms with van der Waals surface area (Å²) in [6.07, 6.45) is 33.8. The summed E-state index contributed by atoms with van der Waals surface area (Å²) in [5.74, 6) is -1.66. The second-order valence-electron chi connectivity index (χ2n) is 23.6. The maximum absolute atomic E-state index is 12.1. The average Bonchev–Trinajstić information content (AvgIpc) is 3.90. The van der Waals surface area contributed by atoms with Crippen molar-refractivity contribution in [3.63, 3.8) is 0 Å². The number of fused-ring (bicyclic) bond motifs is 3. The molecule has 3 N–H and O–H groups in total. The zero-order valence-corrected chi connectivity index (χ0v) is 51.6. The number of hydrogen-bond acceptors (Lipinski definition) is 21. The van der Waals surface area contributed by atoms with E-state index in [2.05, 4.69) is 51.4 Å². The topological polar surface area (TPSA) is 285 Å². The van der Waals surface area contributed by atoms with Crippen LogP contribution in [-0.2, 0) is 76.8 Å². The minimum atomic E-state index is -0.832. The molecule has 486 valence electrons. The van der Waals surface area contributed by atoms with E-state index in [0.717, 1.165) is 68.9 Å². The van der Waals surface area contributed by atoms with Gasteiger partial charge in [-0.25, -0.2) is 28.8 Å². The smallest absolute Gasteiger partial charge is 0.460 e. The third-order valence-electron chi connectivity index (χ3n) is 16.5. The number of nitrogens with zero attached hydrogens (tertiary/aromatic N) is 3. The van der Waals surface area contributed by atoms with Gasteiger partial charge in [-0.1, -0.05) is 48.6 Å². The van der Waals surface area contributed by atoms with E-state index in [0.29, 0.717) is 44.2 Å². The van der Waals surface area contributed by atoms with Gasteiger partial charge in [0, 0.05) is 54.8 Å². The minimum Gasteiger partial charge on any atom is -0.460 e. The van der Waals surface area contributed by atoms with Crippen LogP contribution < -0.4 is 0 Å². The summed E-state index contributed by atoms with van der Waals surface area (Å²) in [6, 6.07) is 12.5. The Hall–Kier alpha value is -8.01. The largest absolute Gasteiger partial charge is 0.508 e. The van der Waals surface area contributed by atoms with Crippen LogP contribution in [0.1, 0.15) is 134 Å². The van der Waals surface area contributed by atoms with E-state index in [9.17, 15) is 44.1 Å². The number of rotatable bonds is 9. The normalized spacial score (nSPS) is 31.8. The van der Waals surface area contributed by atoms with E-state index in [1.54, 1.807) is 61.3 Å². The van der Waals surface area contributed by atoms with E-state index < -0.39 is 54.7 Å². The molecule has 0 aromatic carbocycles. The Kier molecular flexibility index (Phi) is 28.7. The first-order valence-electron chi connectivity index (χ1n) is 31.4. The molecule has 21 nitrogen and oxygen atoms in total. The standard InChI is InChI=1S/3C23H29NO6/c1-16-7-3-2-4-8-17-13-19(14-20(17)21(25)10-11-22(26)29-16)30-23(27)28-15-18-9-5-6-12-24-18;1-16-6-3-2-4-8-18-12-19(13-20(18)21(25)9-10-22(26)29-16)30-23(27)28-15-17-7-5-11-24-14-17;1-16-5-3-2-4-6-18-13-19(14-20(18)21(25)7-8-22(26)29-16)30-23(27)28-15-17-9-11-24-12-10-17/h4-6,8-12,16-17,19-21,25H,2-3,7,13-15H2,1H3;4-5,7-11,14,16,18-21,25H,2-3,6,12-13,15H2,1H3;4,6-12,16,18-21,25H,2-3,5,13-15H2,1H3/b8-4+,11-10+;8-4+,10-9+;6-4+,8-7+/t16-,17+,19-,20+,21+;2*16-,18+,19-,20+,21+/m000/s1. The highest BCUT2D eigenvalue weighted by molar-refractivity contribution is 5.83. The van der Waals surface area contributed by atoms with Crippen LogP contribution in [0, 0.1) is 35.5 Å². The molecule has 21 heteroatoms. The number of ether oxygens (including phenoxy) is 9. The first-order chi connectivity index (χ1) is 43.5. The predicted octanol–water partition coefficient (Wildman–Crippen LogP) is 11.2. The van der Waals surface area contributed by atoms with Crippen molar-refractivity contribution in [3.05, 3.63) is 163 Å². The maximum Gasteiger partial charge on any atom is 0.508 e. The molecule has 3 aromatic rings. The van der Waals surface area contributed by atoms with E-state index in [-0.39, 0.29) is 92.0 Å². The van der Waals surface area contributed by atoms with E-state index in [1.165, 1.54) is 36.5 Å². The molecule has 0 unspecified atom stereocenters. The van der Waals surface area contributed by atoms with Gasteiger partial charge in [-0.2, -0.15) is 0 Å². The number of hydrogen-bond donors (Lipinski definition) is 3. The molecule has 6 aliphatic rings. The number of aliphatic hydroxyl groups excluding tert-OH is 3. The van der Waals surface area contributed by atoms with Crippen molar-refractivity contribution in [2.24, 2.45) is 35.5 Å². The molecular formula is C69H87N3O18. The number of aliphatic hydroxyl groups is 3. The maximum atomic E-state index is 12.1. The van der Waals surface area contributed by atoms with Gasteiger partial charge in [-0.3, -0.25) is 15.0 Å². The molecule has 0 saturated heterocycles. The molecule has 3 aliphatic carbocycles. The van der Waals surface area contributed by atoms with Gasteiger partial charge in [0.1, 0.15) is 38.1 Å². The second-order valence-corrected chi connectivity index (χ2v) is 23.6. The van der Waals surface area contributed by atoms with Gasteiger partial charge in [-0.15, -0.1) is 0 Å². The fourth-order valence-electron chi connectivity index (χ4n) is 11.9. The fourth-order valence-corrected chi connectivity index (χ4v) is 11.9. The monoisotopic (exact) mass is 1250 g/mol. The lowest BCUT2D eigenvalue weighted by Crippen LogP contribution is -2.22. The Balaban J connectivity index is 0.000000192. The Morgan fingerprint density at radius 3 is 1.27 bits per heavy atom. The summed E-state index contributed by atoms with van der Waals surface area (Å²) in [4.78, 5) is 84.0. The predicted molar refractivity (Wildman–Crippen MR) is 328 cm³/mol. The number of esters is 3. The highest BCUT2D eigenvalue weighted by Crippen LogP contribution is 2.41. The van der Waals surface area contributed by atoms with Crippen LogP contribution in [0.15, 0.2) is 146 Å². The van der Waals surface area contributed by atoms with Gasteiger partial charge in [-0.05, 0) is 207 Å². The van der Waals surface area contributed by atoms with Crippen LogP contribution >= 0.6 is 0 Å². The van der Waals surface area contributed by atoms with Gasteiger partial charge < -0.3 is 58.0 Å².